The molecule has 0 fully saturated rings. The third-order valence-electron chi connectivity index (χ3n) is 1.05. The molecule has 0 aliphatic rings. The van der Waals surface area contributed by atoms with E-state index < -0.39 is 4.84 Å². The van der Waals surface area contributed by atoms with Gasteiger partial charge in [0.05, 0.1) is 0 Å². The third kappa shape index (κ3) is 4.70. The van der Waals surface area contributed by atoms with Gasteiger partial charge in [0.25, 0.3) is 0 Å². The quantitative estimate of drug-likeness (QED) is 0.393. The minimum absolute atomic E-state index is 0.397. The number of hydrogen-bond donors (Lipinski definition) is 0. The van der Waals surface area contributed by atoms with Gasteiger partial charge in [-0.05, 0) is 5.56 Å². The second-order valence-electron chi connectivity index (χ2n) is 1.71. The second-order valence-corrected chi connectivity index (χ2v) is 2.81. The van der Waals surface area contributed by atoms with E-state index in [1.165, 1.54) is 0 Å². The van der Waals surface area contributed by atoms with Crippen molar-refractivity contribution >= 4 is 43.8 Å². The van der Waals surface area contributed by atoms with Crippen LogP contribution in [-0.4, -0.2) is 9.55 Å². The van der Waals surface area contributed by atoms with Crippen molar-refractivity contribution in [3.8, 4) is 0 Å². The first-order chi connectivity index (χ1) is 5.30. The van der Waals surface area contributed by atoms with Crippen LogP contribution >= 0.6 is 34.3 Å². The molecule has 1 aromatic carbocycles. The van der Waals surface area contributed by atoms with Crippen LogP contribution in [0.5, 0.6) is 0 Å². The average Bonchev–Trinajstić information content (AvgIpc) is 2.10. The van der Waals surface area contributed by atoms with Crippen molar-refractivity contribution in [1.82, 2.24) is 0 Å². The van der Waals surface area contributed by atoms with Gasteiger partial charge in [-0.1, -0.05) is 30.3 Å². The van der Waals surface area contributed by atoms with Crippen LogP contribution in [0, 0.1) is 0 Å². The highest BCUT2D eigenvalue weighted by Gasteiger charge is 1.98. The third-order valence-corrected chi connectivity index (χ3v) is 1.56. The Bertz CT molecular complexity index is 176. The molecule has 1 aromatic rings. The average molecular weight is 228 g/mol. The molecule has 0 unspecified atom stereocenters. The lowest BCUT2D eigenvalue weighted by Crippen LogP contribution is -1.76. The van der Waals surface area contributed by atoms with Crippen LogP contribution in [0.2, 0.25) is 0 Å². The molecule has 0 saturated carbocycles. The largest absolute Gasteiger partial charge is 0.181 e. The van der Waals surface area contributed by atoms with Gasteiger partial charge in [-0.2, -0.15) is 11.1 Å². The zero-order valence-electron chi connectivity index (χ0n) is 6.10. The summed E-state index contributed by atoms with van der Waals surface area (Å²) in [4.78, 5) is -0.397. The lowest BCUT2D eigenvalue weighted by molar-refractivity contribution is 1.35. The Morgan fingerprint density at radius 2 is 1.45 bits per heavy atom. The van der Waals surface area contributed by atoms with Gasteiger partial charge in [-0.25, -0.2) is 0 Å². The Labute approximate surface area is 84.6 Å². The van der Waals surface area contributed by atoms with Crippen molar-refractivity contribution in [2.45, 2.75) is 4.84 Å². The number of halogens is 3. The Morgan fingerprint density at radius 1 is 1.00 bits per heavy atom. The van der Waals surface area contributed by atoms with Crippen LogP contribution in [0.15, 0.2) is 30.3 Å². The standard InChI is InChI=1S/C7H6Cl2.ClH3Si/c8-7(9)6-4-2-1-3-5-6;1-2/h1-5,7H;2H3. The van der Waals surface area contributed by atoms with E-state index in [1.54, 1.807) is 0 Å². The van der Waals surface area contributed by atoms with Gasteiger partial charge >= 0.3 is 0 Å². The molecule has 0 amide bonds. The molecule has 11 heavy (non-hydrogen) atoms. The summed E-state index contributed by atoms with van der Waals surface area (Å²) in [5.41, 5.74) is 0.945. The Balaban J connectivity index is 0.000000461. The smallest absolute Gasteiger partial charge is 0.132 e. The predicted octanol–water partition coefficient (Wildman–Crippen LogP) is 2.67. The molecule has 0 bridgehead atoms. The minimum Gasteiger partial charge on any atom is -0.181 e. The first-order valence-corrected chi connectivity index (χ1v) is 6.91. The molecule has 0 aliphatic heterocycles. The number of rotatable bonds is 1. The molecule has 0 heterocycles. The number of alkyl halides is 2. The molecule has 0 spiro atoms. The van der Waals surface area contributed by atoms with E-state index in [9.17, 15) is 0 Å². The summed E-state index contributed by atoms with van der Waals surface area (Å²) in [5, 5.41) is 0. The summed E-state index contributed by atoms with van der Waals surface area (Å²) in [6.45, 7) is 0. The fraction of sp³-hybridized carbons (Fsp3) is 0.143. The van der Waals surface area contributed by atoms with Crippen molar-refractivity contribution in [1.29, 1.82) is 0 Å². The fourth-order valence-corrected chi connectivity index (χ4v) is 0.889. The monoisotopic (exact) mass is 226 g/mol. The highest BCUT2D eigenvalue weighted by atomic mass is 35.6. The van der Waals surface area contributed by atoms with E-state index >= 15 is 0 Å². The molecule has 0 atom stereocenters. The van der Waals surface area contributed by atoms with Crippen molar-refractivity contribution in [3.05, 3.63) is 35.9 Å². The van der Waals surface area contributed by atoms with E-state index in [1.807, 2.05) is 30.3 Å². The molecule has 62 valence electrons. The summed E-state index contributed by atoms with van der Waals surface area (Å²) >= 11 is 15.9. The summed E-state index contributed by atoms with van der Waals surface area (Å²) in [7, 11) is 0.778. The molecule has 0 aromatic heterocycles. The van der Waals surface area contributed by atoms with Gasteiger partial charge in [0, 0.05) is 0 Å². The van der Waals surface area contributed by atoms with E-state index in [4.69, 9.17) is 34.3 Å². The molecular formula is C7H9Cl3Si. The first kappa shape index (κ1) is 11.3. The molecule has 0 nitrogen and oxygen atoms in total. The molecule has 0 N–H and O–H groups in total. The normalized spacial score (nSPS) is 9.09. The highest BCUT2D eigenvalue weighted by molar-refractivity contribution is 6.80. The summed E-state index contributed by atoms with van der Waals surface area (Å²) in [6, 6.07) is 9.54. The highest BCUT2D eigenvalue weighted by Crippen LogP contribution is 2.23. The maximum absolute atomic E-state index is 5.57. The maximum Gasteiger partial charge on any atom is 0.132 e. The fourth-order valence-electron chi connectivity index (χ4n) is 0.599. The summed E-state index contributed by atoms with van der Waals surface area (Å²) in [6.07, 6.45) is 0. The van der Waals surface area contributed by atoms with Crippen LogP contribution in [0.1, 0.15) is 10.4 Å². The SMILES string of the molecule is ClC(Cl)c1ccccc1.[SiH3]Cl. The van der Waals surface area contributed by atoms with Crippen LogP contribution in [0.25, 0.3) is 0 Å². The van der Waals surface area contributed by atoms with Crippen LogP contribution in [-0.2, 0) is 0 Å². The van der Waals surface area contributed by atoms with E-state index in [0.29, 0.717) is 0 Å². The van der Waals surface area contributed by atoms with Gasteiger partial charge in [0.1, 0.15) is 14.4 Å². The van der Waals surface area contributed by atoms with Gasteiger partial charge in [-0.15, -0.1) is 23.2 Å². The molecule has 0 saturated heterocycles. The molecule has 1 rings (SSSR count). The minimum atomic E-state index is -0.397. The van der Waals surface area contributed by atoms with E-state index in [0.717, 1.165) is 15.1 Å². The molecule has 4 heteroatoms. The van der Waals surface area contributed by atoms with Crippen LogP contribution < -0.4 is 0 Å². The Kier molecular flexibility index (Phi) is 7.18. The van der Waals surface area contributed by atoms with Crippen molar-refractivity contribution in [2.75, 3.05) is 0 Å². The summed E-state index contributed by atoms with van der Waals surface area (Å²) in [5.74, 6) is 0. The lowest BCUT2D eigenvalue weighted by atomic mass is 10.2. The van der Waals surface area contributed by atoms with Crippen molar-refractivity contribution in [3.63, 3.8) is 0 Å². The second kappa shape index (κ2) is 6.98. The number of benzene rings is 1. The predicted molar refractivity (Wildman–Crippen MR) is 56.7 cm³/mol. The van der Waals surface area contributed by atoms with Crippen LogP contribution in [0.3, 0.4) is 0 Å². The van der Waals surface area contributed by atoms with E-state index in [-0.39, 0.29) is 0 Å². The first-order valence-electron chi connectivity index (χ1n) is 3.01. The van der Waals surface area contributed by atoms with Gasteiger partial charge < -0.3 is 0 Å². The number of hydrogen-bond acceptors (Lipinski definition) is 0. The van der Waals surface area contributed by atoms with Crippen molar-refractivity contribution in [2.24, 2.45) is 0 Å². The topological polar surface area (TPSA) is 0 Å². The molecule has 0 radical (unpaired) electrons. The van der Waals surface area contributed by atoms with Crippen molar-refractivity contribution < 1.29 is 0 Å². The molecule has 0 aliphatic carbocycles. The van der Waals surface area contributed by atoms with Crippen LogP contribution in [0.4, 0.5) is 0 Å². The van der Waals surface area contributed by atoms with Gasteiger partial charge in [-0.3, -0.25) is 0 Å². The zero-order chi connectivity index (χ0) is 8.69. The Morgan fingerprint density at radius 3 is 1.73 bits per heavy atom. The lowest BCUT2D eigenvalue weighted by Gasteiger charge is -1.97. The molecular weight excluding hydrogens is 219 g/mol. The van der Waals surface area contributed by atoms with Gasteiger partial charge in [0.15, 0.2) is 0 Å². The van der Waals surface area contributed by atoms with E-state index in [2.05, 4.69) is 0 Å². The summed E-state index contributed by atoms with van der Waals surface area (Å²) < 4.78 is 0. The van der Waals surface area contributed by atoms with Gasteiger partial charge in [0.2, 0.25) is 0 Å². The zero-order valence-corrected chi connectivity index (χ0v) is 10.4. The maximum atomic E-state index is 5.57. The Hall–Kier alpha value is 0.307.